The van der Waals surface area contributed by atoms with Gasteiger partial charge in [-0.2, -0.15) is 0 Å². The third-order valence-corrected chi connectivity index (χ3v) is 0.870. The van der Waals surface area contributed by atoms with E-state index in [-0.39, 0.29) is 5.82 Å². The van der Waals surface area contributed by atoms with E-state index in [9.17, 15) is 4.39 Å². The zero-order valence-electron chi connectivity index (χ0n) is 6.26. The smallest absolute Gasteiger partial charge is 0.123 e. The summed E-state index contributed by atoms with van der Waals surface area (Å²) in [6.07, 6.45) is 0. The molecule has 0 unspecified atom stereocenters. The minimum Gasteiger partial charge on any atom is -0.399 e. The average Bonchev–Trinajstić information content (AvgIpc) is 2.00. The minimum atomic E-state index is -0.251. The number of benzene rings is 1. The summed E-state index contributed by atoms with van der Waals surface area (Å²) in [7, 11) is 0. The SMILES string of the molecule is CC.Nc1ccc(F)cc1. The summed E-state index contributed by atoms with van der Waals surface area (Å²) in [5.74, 6) is -0.251. The van der Waals surface area contributed by atoms with Gasteiger partial charge < -0.3 is 5.73 Å². The fourth-order valence-corrected chi connectivity index (χ4v) is 0.463. The van der Waals surface area contributed by atoms with Crippen LogP contribution in [0.2, 0.25) is 0 Å². The van der Waals surface area contributed by atoms with E-state index in [2.05, 4.69) is 0 Å². The number of hydrogen-bond donors (Lipinski definition) is 1. The van der Waals surface area contributed by atoms with Crippen LogP contribution in [-0.2, 0) is 0 Å². The predicted octanol–water partition coefficient (Wildman–Crippen LogP) is 2.43. The van der Waals surface area contributed by atoms with Gasteiger partial charge >= 0.3 is 0 Å². The zero-order chi connectivity index (χ0) is 7.98. The first-order valence-electron chi connectivity index (χ1n) is 3.30. The highest BCUT2D eigenvalue weighted by Gasteiger charge is 1.83. The van der Waals surface area contributed by atoms with Crippen LogP contribution in [0, 0.1) is 5.82 Å². The molecule has 1 nitrogen and oxygen atoms in total. The number of nitrogen functional groups attached to an aromatic ring is 1. The van der Waals surface area contributed by atoms with Crippen molar-refractivity contribution in [3.8, 4) is 0 Å². The number of rotatable bonds is 0. The molecule has 0 heterocycles. The van der Waals surface area contributed by atoms with Gasteiger partial charge in [-0.15, -0.1) is 0 Å². The first-order chi connectivity index (χ1) is 4.79. The molecule has 0 radical (unpaired) electrons. The molecule has 56 valence electrons. The quantitative estimate of drug-likeness (QED) is 0.552. The summed E-state index contributed by atoms with van der Waals surface area (Å²) in [5.41, 5.74) is 5.85. The number of nitrogens with two attached hydrogens (primary N) is 1. The van der Waals surface area contributed by atoms with Gasteiger partial charge in [0.2, 0.25) is 0 Å². The standard InChI is InChI=1S/C6H6FN.C2H6/c7-5-1-3-6(8)4-2-5;1-2/h1-4H,8H2;1-2H3. The van der Waals surface area contributed by atoms with Gasteiger partial charge in [-0.05, 0) is 24.3 Å². The zero-order valence-corrected chi connectivity index (χ0v) is 6.26. The Balaban J connectivity index is 0.000000371. The molecule has 0 saturated heterocycles. The van der Waals surface area contributed by atoms with E-state index in [0.29, 0.717) is 5.69 Å². The first-order valence-corrected chi connectivity index (χ1v) is 3.30. The van der Waals surface area contributed by atoms with Crippen molar-refractivity contribution >= 4 is 5.69 Å². The Labute approximate surface area is 60.7 Å². The van der Waals surface area contributed by atoms with Crippen LogP contribution in [0.3, 0.4) is 0 Å². The molecule has 1 rings (SSSR count). The highest BCUT2D eigenvalue weighted by atomic mass is 19.1. The van der Waals surface area contributed by atoms with Crippen LogP contribution in [0.1, 0.15) is 13.8 Å². The molecule has 2 N–H and O–H groups in total. The fourth-order valence-electron chi connectivity index (χ4n) is 0.463. The van der Waals surface area contributed by atoms with E-state index >= 15 is 0 Å². The van der Waals surface area contributed by atoms with Gasteiger partial charge in [0.15, 0.2) is 0 Å². The third kappa shape index (κ3) is 3.07. The molecule has 0 aliphatic carbocycles. The molecule has 0 saturated carbocycles. The van der Waals surface area contributed by atoms with E-state index in [0.717, 1.165) is 0 Å². The maximum absolute atomic E-state index is 12.0. The Hall–Kier alpha value is -1.05. The summed E-state index contributed by atoms with van der Waals surface area (Å²) in [5, 5.41) is 0. The number of anilines is 1. The molecular weight excluding hydrogens is 129 g/mol. The van der Waals surface area contributed by atoms with Gasteiger partial charge in [0.05, 0.1) is 0 Å². The summed E-state index contributed by atoms with van der Waals surface area (Å²) in [6, 6.07) is 5.70. The fraction of sp³-hybridized carbons (Fsp3) is 0.250. The van der Waals surface area contributed by atoms with E-state index < -0.39 is 0 Å². The van der Waals surface area contributed by atoms with E-state index in [1.807, 2.05) is 13.8 Å². The summed E-state index contributed by atoms with van der Waals surface area (Å²) < 4.78 is 12.0. The van der Waals surface area contributed by atoms with Crippen molar-refractivity contribution in [3.05, 3.63) is 30.1 Å². The van der Waals surface area contributed by atoms with Crippen LogP contribution in [0.5, 0.6) is 0 Å². The highest BCUT2D eigenvalue weighted by Crippen LogP contribution is 2.01. The van der Waals surface area contributed by atoms with E-state index in [1.165, 1.54) is 24.3 Å². The van der Waals surface area contributed by atoms with E-state index in [4.69, 9.17) is 5.73 Å². The van der Waals surface area contributed by atoms with Gasteiger partial charge in [-0.1, -0.05) is 13.8 Å². The van der Waals surface area contributed by atoms with Gasteiger partial charge in [-0.3, -0.25) is 0 Å². The third-order valence-electron chi connectivity index (χ3n) is 0.870. The Morgan fingerprint density at radius 3 is 1.80 bits per heavy atom. The lowest BCUT2D eigenvalue weighted by molar-refractivity contribution is 0.628. The van der Waals surface area contributed by atoms with Crippen LogP contribution < -0.4 is 5.73 Å². The Morgan fingerprint density at radius 2 is 1.50 bits per heavy atom. The second kappa shape index (κ2) is 4.79. The lowest BCUT2D eigenvalue weighted by Crippen LogP contribution is -1.82. The molecule has 10 heavy (non-hydrogen) atoms. The number of halogens is 1. The van der Waals surface area contributed by atoms with Crippen molar-refractivity contribution in [2.75, 3.05) is 5.73 Å². The second-order valence-electron chi connectivity index (χ2n) is 1.55. The Bertz CT molecular complexity index is 148. The topological polar surface area (TPSA) is 26.0 Å². The highest BCUT2D eigenvalue weighted by molar-refractivity contribution is 5.36. The van der Waals surface area contributed by atoms with Crippen LogP contribution >= 0.6 is 0 Å². The van der Waals surface area contributed by atoms with Gasteiger partial charge in [0, 0.05) is 5.69 Å². The maximum Gasteiger partial charge on any atom is 0.123 e. The van der Waals surface area contributed by atoms with Crippen molar-refractivity contribution in [1.29, 1.82) is 0 Å². The summed E-state index contributed by atoms with van der Waals surface area (Å²) in [6.45, 7) is 4.00. The normalized spacial score (nSPS) is 7.90. The van der Waals surface area contributed by atoms with E-state index in [1.54, 1.807) is 0 Å². The molecule has 0 amide bonds. The molecule has 0 aliphatic heterocycles. The molecule has 0 atom stereocenters. The molecule has 0 fully saturated rings. The van der Waals surface area contributed by atoms with Crippen molar-refractivity contribution in [2.45, 2.75) is 13.8 Å². The summed E-state index contributed by atoms with van der Waals surface area (Å²) in [4.78, 5) is 0. The molecule has 0 bridgehead atoms. The lowest BCUT2D eigenvalue weighted by atomic mass is 10.3. The molecule has 1 aromatic carbocycles. The number of hydrogen-bond acceptors (Lipinski definition) is 1. The second-order valence-corrected chi connectivity index (χ2v) is 1.55. The molecule has 1 aromatic rings. The summed E-state index contributed by atoms with van der Waals surface area (Å²) >= 11 is 0. The predicted molar refractivity (Wildman–Crippen MR) is 42.2 cm³/mol. The minimum absolute atomic E-state index is 0.251. The monoisotopic (exact) mass is 141 g/mol. The van der Waals surface area contributed by atoms with Crippen molar-refractivity contribution in [3.63, 3.8) is 0 Å². The average molecular weight is 141 g/mol. The van der Waals surface area contributed by atoms with Gasteiger partial charge in [0.1, 0.15) is 5.82 Å². The molecule has 2 heteroatoms. The van der Waals surface area contributed by atoms with Crippen LogP contribution in [0.25, 0.3) is 0 Å². The largest absolute Gasteiger partial charge is 0.399 e. The lowest BCUT2D eigenvalue weighted by Gasteiger charge is -1.87. The van der Waals surface area contributed by atoms with Gasteiger partial charge in [-0.25, -0.2) is 4.39 Å². The van der Waals surface area contributed by atoms with Gasteiger partial charge in [0.25, 0.3) is 0 Å². The molecular formula is C8H12FN. The molecule has 0 aliphatic rings. The van der Waals surface area contributed by atoms with Crippen molar-refractivity contribution in [1.82, 2.24) is 0 Å². The van der Waals surface area contributed by atoms with Crippen LogP contribution in [-0.4, -0.2) is 0 Å². The van der Waals surface area contributed by atoms with Crippen LogP contribution in [0.15, 0.2) is 24.3 Å². The molecule has 0 aromatic heterocycles. The maximum atomic E-state index is 12.0. The Morgan fingerprint density at radius 1 is 1.10 bits per heavy atom. The Kier molecular flexibility index (Phi) is 4.29. The molecule has 0 spiro atoms. The van der Waals surface area contributed by atoms with Crippen molar-refractivity contribution in [2.24, 2.45) is 0 Å². The first kappa shape index (κ1) is 8.95. The van der Waals surface area contributed by atoms with Crippen molar-refractivity contribution < 1.29 is 4.39 Å². The van der Waals surface area contributed by atoms with Crippen LogP contribution in [0.4, 0.5) is 10.1 Å².